The lowest BCUT2D eigenvalue weighted by atomic mass is 10.2. The number of thiophene rings is 1. The van der Waals surface area contributed by atoms with Gasteiger partial charge in [-0.2, -0.15) is 0 Å². The van der Waals surface area contributed by atoms with Gasteiger partial charge in [-0.1, -0.05) is 30.8 Å². The molecular weight excluding hydrogens is 419 g/mol. The Morgan fingerprint density at radius 1 is 1.13 bits per heavy atom. The van der Waals surface area contributed by atoms with Crippen molar-refractivity contribution in [3.05, 3.63) is 64.4 Å². The Morgan fingerprint density at radius 2 is 1.97 bits per heavy atom. The molecule has 30 heavy (non-hydrogen) atoms. The van der Waals surface area contributed by atoms with E-state index in [0.29, 0.717) is 23.0 Å². The van der Waals surface area contributed by atoms with Crippen LogP contribution in [0.1, 0.15) is 29.1 Å². The molecule has 5 rings (SSSR count). The molecule has 1 aromatic carbocycles. The van der Waals surface area contributed by atoms with Crippen LogP contribution in [-0.2, 0) is 12.2 Å². The molecule has 0 saturated heterocycles. The van der Waals surface area contributed by atoms with E-state index in [1.165, 1.54) is 21.2 Å². The second kappa shape index (κ2) is 7.52. The second-order valence-electron chi connectivity index (χ2n) is 7.04. The van der Waals surface area contributed by atoms with E-state index < -0.39 is 0 Å². The summed E-state index contributed by atoms with van der Waals surface area (Å²) in [6, 6.07) is 10.9. The second-order valence-corrected chi connectivity index (χ2v) is 9.29. The van der Waals surface area contributed by atoms with Crippen LogP contribution in [0, 0.1) is 19.7 Å². The summed E-state index contributed by atoms with van der Waals surface area (Å²) >= 11 is 3.34. The van der Waals surface area contributed by atoms with Crippen LogP contribution < -0.4 is 0 Å². The summed E-state index contributed by atoms with van der Waals surface area (Å²) in [6.45, 7) is 6.06. The maximum absolute atomic E-state index is 14.1. The molecule has 5 aromatic rings. The van der Waals surface area contributed by atoms with Crippen LogP contribution in [0.5, 0.6) is 0 Å². The zero-order valence-electron chi connectivity index (χ0n) is 16.8. The van der Waals surface area contributed by atoms with E-state index >= 15 is 0 Å². The Morgan fingerprint density at radius 3 is 2.77 bits per heavy atom. The molecule has 0 atom stereocenters. The molecule has 0 aliphatic carbocycles. The molecule has 0 fully saturated rings. The molecule has 0 N–H and O–H groups in total. The Balaban J connectivity index is 1.49. The molecule has 0 amide bonds. The number of oxazole rings is 1. The molecule has 152 valence electrons. The van der Waals surface area contributed by atoms with E-state index in [1.807, 2.05) is 6.92 Å². The van der Waals surface area contributed by atoms with Crippen molar-refractivity contribution in [3.8, 4) is 11.5 Å². The largest absolute Gasteiger partial charge is 0.441 e. The summed E-state index contributed by atoms with van der Waals surface area (Å²) in [5, 5.41) is 9.79. The van der Waals surface area contributed by atoms with Crippen molar-refractivity contribution in [2.45, 2.75) is 38.0 Å². The number of halogens is 1. The van der Waals surface area contributed by atoms with E-state index in [1.54, 1.807) is 41.3 Å². The van der Waals surface area contributed by atoms with Crippen LogP contribution >= 0.6 is 23.1 Å². The van der Waals surface area contributed by atoms with Gasteiger partial charge in [0.05, 0.1) is 27.0 Å². The van der Waals surface area contributed by atoms with Crippen LogP contribution in [-0.4, -0.2) is 19.6 Å². The average molecular weight is 439 g/mol. The highest BCUT2D eigenvalue weighted by Gasteiger charge is 2.18. The highest BCUT2D eigenvalue weighted by atomic mass is 32.2. The van der Waals surface area contributed by atoms with Crippen LogP contribution in [0.15, 0.2) is 45.8 Å². The number of aromatic nitrogens is 4. The van der Waals surface area contributed by atoms with Gasteiger partial charge in [0, 0.05) is 17.1 Å². The quantitative estimate of drug-likeness (QED) is 0.305. The van der Waals surface area contributed by atoms with Gasteiger partial charge in [0.25, 0.3) is 0 Å². The van der Waals surface area contributed by atoms with Crippen molar-refractivity contribution in [2.24, 2.45) is 0 Å². The van der Waals surface area contributed by atoms with Crippen molar-refractivity contribution >= 4 is 38.8 Å². The molecule has 8 heteroatoms. The Labute approximate surface area is 181 Å². The summed E-state index contributed by atoms with van der Waals surface area (Å²) in [5.41, 5.74) is 3.39. The Kier molecular flexibility index (Phi) is 4.83. The molecule has 4 heterocycles. The fraction of sp³-hybridized carbons (Fsp3) is 0.227. The van der Waals surface area contributed by atoms with Crippen LogP contribution in [0.4, 0.5) is 4.39 Å². The topological polar surface area (TPSA) is 56.2 Å². The maximum Gasteiger partial charge on any atom is 0.229 e. The molecule has 0 bridgehead atoms. The zero-order chi connectivity index (χ0) is 20.8. The van der Waals surface area contributed by atoms with E-state index in [2.05, 4.69) is 45.6 Å². The molecule has 0 spiro atoms. The average Bonchev–Trinajstić information content (AvgIpc) is 3.38. The third-order valence-electron chi connectivity index (χ3n) is 5.01. The number of fused-ring (bicyclic) bond motifs is 3. The van der Waals surface area contributed by atoms with Gasteiger partial charge in [-0.3, -0.25) is 4.40 Å². The summed E-state index contributed by atoms with van der Waals surface area (Å²) in [7, 11) is 0. The van der Waals surface area contributed by atoms with Crippen LogP contribution in [0.3, 0.4) is 0 Å². The fourth-order valence-corrected chi connectivity index (χ4v) is 5.41. The lowest BCUT2D eigenvalue weighted by Gasteiger charge is -2.06. The standard InChI is InChI=1S/C22H19FN4OS2/c1-4-20-25-26-22(18-10-19-17(27(18)20)9-12(2)30-19)29-11-16-13(3)28-21(24-16)14-7-5-6-8-15(14)23/h5-10H,4,11H2,1-3H3. The van der Waals surface area contributed by atoms with E-state index in [0.717, 1.165) is 28.5 Å². The van der Waals surface area contributed by atoms with E-state index in [4.69, 9.17) is 4.42 Å². The highest BCUT2D eigenvalue weighted by molar-refractivity contribution is 7.98. The molecule has 0 aliphatic heterocycles. The minimum atomic E-state index is -0.343. The van der Waals surface area contributed by atoms with Gasteiger partial charge in [-0.25, -0.2) is 9.37 Å². The monoisotopic (exact) mass is 438 g/mol. The first-order valence-corrected chi connectivity index (χ1v) is 11.5. The number of benzene rings is 1. The number of nitrogens with zero attached hydrogens (tertiary/aromatic N) is 4. The third-order valence-corrected chi connectivity index (χ3v) is 6.97. The van der Waals surface area contributed by atoms with Gasteiger partial charge in [0.2, 0.25) is 5.89 Å². The van der Waals surface area contributed by atoms with Crippen molar-refractivity contribution in [1.82, 2.24) is 19.6 Å². The van der Waals surface area contributed by atoms with Crippen LogP contribution in [0.25, 0.3) is 27.2 Å². The van der Waals surface area contributed by atoms with E-state index in [9.17, 15) is 4.39 Å². The van der Waals surface area contributed by atoms with Crippen molar-refractivity contribution in [1.29, 1.82) is 0 Å². The van der Waals surface area contributed by atoms with Gasteiger partial charge in [-0.05, 0) is 38.1 Å². The summed E-state index contributed by atoms with van der Waals surface area (Å²) in [4.78, 5) is 5.81. The molecular formula is C22H19FN4OS2. The lowest BCUT2D eigenvalue weighted by Crippen LogP contribution is -2.03. The predicted molar refractivity (Wildman–Crippen MR) is 119 cm³/mol. The summed E-state index contributed by atoms with van der Waals surface area (Å²) in [5.74, 6) is 2.16. The molecule has 0 radical (unpaired) electrons. The molecule has 4 aromatic heterocycles. The van der Waals surface area contributed by atoms with Crippen molar-refractivity contribution in [2.75, 3.05) is 0 Å². The first-order chi connectivity index (χ1) is 14.5. The highest BCUT2D eigenvalue weighted by Crippen LogP contribution is 2.35. The number of hydrogen-bond donors (Lipinski definition) is 0. The first-order valence-electron chi connectivity index (χ1n) is 9.66. The zero-order valence-corrected chi connectivity index (χ0v) is 18.4. The maximum atomic E-state index is 14.1. The third kappa shape index (κ3) is 3.20. The summed E-state index contributed by atoms with van der Waals surface area (Å²) < 4.78 is 23.3. The normalized spacial score (nSPS) is 11.7. The SMILES string of the molecule is CCc1nnc(SCc2nc(-c3ccccc3F)oc2C)c2cc3sc(C)cc3n12. The number of hydrogen-bond acceptors (Lipinski definition) is 6. The Bertz CT molecular complexity index is 1390. The Hall–Kier alpha value is -2.71. The molecule has 5 nitrogen and oxygen atoms in total. The molecule has 0 aliphatic rings. The smallest absolute Gasteiger partial charge is 0.229 e. The van der Waals surface area contributed by atoms with Gasteiger partial charge in [-0.15, -0.1) is 21.5 Å². The first kappa shape index (κ1) is 19.3. The number of thioether (sulfide) groups is 1. The number of aryl methyl sites for hydroxylation is 3. The lowest BCUT2D eigenvalue weighted by molar-refractivity contribution is 0.533. The molecule has 0 unspecified atom stereocenters. The van der Waals surface area contributed by atoms with Crippen molar-refractivity contribution in [3.63, 3.8) is 0 Å². The van der Waals surface area contributed by atoms with Gasteiger partial charge >= 0.3 is 0 Å². The fourth-order valence-electron chi connectivity index (χ4n) is 3.53. The van der Waals surface area contributed by atoms with Gasteiger partial charge in [0.15, 0.2) is 0 Å². The van der Waals surface area contributed by atoms with Gasteiger partial charge in [0.1, 0.15) is 22.4 Å². The van der Waals surface area contributed by atoms with Crippen molar-refractivity contribution < 1.29 is 8.81 Å². The predicted octanol–water partition coefficient (Wildman–Crippen LogP) is 6.21. The molecule has 0 saturated carbocycles. The van der Waals surface area contributed by atoms with Crippen LogP contribution in [0.2, 0.25) is 0 Å². The summed E-state index contributed by atoms with van der Waals surface area (Å²) in [6.07, 6.45) is 0.807. The van der Waals surface area contributed by atoms with Gasteiger partial charge < -0.3 is 4.42 Å². The number of rotatable bonds is 5. The van der Waals surface area contributed by atoms with E-state index in [-0.39, 0.29) is 5.82 Å². The minimum absolute atomic E-state index is 0.303. The minimum Gasteiger partial charge on any atom is -0.441 e.